The Morgan fingerprint density at radius 2 is 1.83 bits per heavy atom. The van der Waals surface area contributed by atoms with Crippen molar-refractivity contribution in [2.75, 3.05) is 18.0 Å². The second kappa shape index (κ2) is 5.31. The first-order chi connectivity index (χ1) is 8.84. The monoisotopic (exact) mass is 244 g/mol. The quantitative estimate of drug-likeness (QED) is 0.878. The van der Waals surface area contributed by atoms with Crippen molar-refractivity contribution in [3.63, 3.8) is 0 Å². The Balaban J connectivity index is 1.78. The fourth-order valence-corrected chi connectivity index (χ4v) is 3.06. The van der Waals surface area contributed by atoms with Crippen molar-refractivity contribution >= 4 is 5.69 Å². The summed E-state index contributed by atoms with van der Waals surface area (Å²) < 4.78 is 0. The highest BCUT2D eigenvalue weighted by Crippen LogP contribution is 2.39. The molecule has 1 aliphatic carbocycles. The number of nitrogens with zero attached hydrogens (tertiary/aromatic N) is 1. The van der Waals surface area contributed by atoms with Crippen LogP contribution in [0.1, 0.15) is 50.1 Å². The average molecular weight is 244 g/mol. The molecule has 1 aromatic carbocycles. The van der Waals surface area contributed by atoms with Crippen LogP contribution in [-0.4, -0.2) is 13.1 Å². The Morgan fingerprint density at radius 3 is 2.56 bits per heavy atom. The minimum absolute atomic E-state index is 0.232. The van der Waals surface area contributed by atoms with E-state index < -0.39 is 0 Å². The zero-order valence-corrected chi connectivity index (χ0v) is 11.1. The molecule has 2 fully saturated rings. The molecule has 0 amide bonds. The third kappa shape index (κ3) is 2.69. The van der Waals surface area contributed by atoms with Crippen LogP contribution in [-0.2, 0) is 0 Å². The third-order valence-corrected chi connectivity index (χ3v) is 4.32. The molecule has 1 unspecified atom stereocenters. The van der Waals surface area contributed by atoms with Gasteiger partial charge in [-0.05, 0) is 43.2 Å². The van der Waals surface area contributed by atoms with Crippen LogP contribution in [0.3, 0.4) is 0 Å². The van der Waals surface area contributed by atoms with E-state index in [1.165, 1.54) is 62.9 Å². The number of piperidine rings is 1. The summed E-state index contributed by atoms with van der Waals surface area (Å²) in [4.78, 5) is 2.53. The molecule has 1 heterocycles. The number of anilines is 1. The van der Waals surface area contributed by atoms with Crippen molar-refractivity contribution in [3.05, 3.63) is 29.8 Å². The minimum atomic E-state index is 0.232. The molecule has 1 saturated carbocycles. The van der Waals surface area contributed by atoms with E-state index in [9.17, 15) is 0 Å². The maximum atomic E-state index is 6.42. The van der Waals surface area contributed by atoms with Gasteiger partial charge in [-0.15, -0.1) is 0 Å². The summed E-state index contributed by atoms with van der Waals surface area (Å²) in [5, 5.41) is 0. The molecule has 0 aromatic heterocycles. The first-order valence-electron chi connectivity index (χ1n) is 7.44. The van der Waals surface area contributed by atoms with Gasteiger partial charge in [0.05, 0.1) is 0 Å². The van der Waals surface area contributed by atoms with Gasteiger partial charge >= 0.3 is 0 Å². The van der Waals surface area contributed by atoms with Crippen LogP contribution in [0.15, 0.2) is 24.3 Å². The van der Waals surface area contributed by atoms with Crippen molar-refractivity contribution in [1.82, 2.24) is 0 Å². The number of rotatable bonds is 4. The van der Waals surface area contributed by atoms with E-state index in [0.29, 0.717) is 0 Å². The van der Waals surface area contributed by atoms with Crippen LogP contribution >= 0.6 is 0 Å². The molecule has 2 N–H and O–H groups in total. The van der Waals surface area contributed by atoms with Gasteiger partial charge in [0.1, 0.15) is 0 Å². The molecule has 3 rings (SSSR count). The Morgan fingerprint density at radius 1 is 1.11 bits per heavy atom. The SMILES string of the molecule is NC(CC1CC1)c1ccccc1N1CCCCC1. The normalized spacial score (nSPS) is 21.9. The topological polar surface area (TPSA) is 29.3 Å². The summed E-state index contributed by atoms with van der Waals surface area (Å²) in [7, 11) is 0. The Kier molecular flexibility index (Phi) is 3.55. The van der Waals surface area contributed by atoms with Gasteiger partial charge in [0, 0.05) is 24.8 Å². The molecule has 2 aliphatic rings. The lowest BCUT2D eigenvalue weighted by atomic mass is 9.98. The van der Waals surface area contributed by atoms with E-state index in [2.05, 4.69) is 29.2 Å². The minimum Gasteiger partial charge on any atom is -0.371 e. The molecule has 1 aromatic rings. The lowest BCUT2D eigenvalue weighted by molar-refractivity contribution is 0.564. The molecule has 1 saturated heterocycles. The highest BCUT2D eigenvalue weighted by molar-refractivity contribution is 5.55. The van der Waals surface area contributed by atoms with Crippen molar-refractivity contribution in [1.29, 1.82) is 0 Å². The fraction of sp³-hybridized carbons (Fsp3) is 0.625. The summed E-state index contributed by atoms with van der Waals surface area (Å²) in [6, 6.07) is 9.01. The van der Waals surface area contributed by atoms with Crippen LogP contribution in [0, 0.1) is 5.92 Å². The van der Waals surface area contributed by atoms with Crippen LogP contribution in [0.5, 0.6) is 0 Å². The Bertz CT molecular complexity index is 392. The van der Waals surface area contributed by atoms with E-state index in [1.54, 1.807) is 0 Å². The molecule has 2 heteroatoms. The van der Waals surface area contributed by atoms with Gasteiger partial charge in [0.15, 0.2) is 0 Å². The van der Waals surface area contributed by atoms with Crippen molar-refractivity contribution in [2.45, 2.75) is 44.6 Å². The van der Waals surface area contributed by atoms with E-state index >= 15 is 0 Å². The summed E-state index contributed by atoms with van der Waals surface area (Å²) in [6.07, 6.45) is 7.98. The molecule has 0 bridgehead atoms. The molecule has 1 atom stereocenters. The maximum absolute atomic E-state index is 6.42. The summed E-state index contributed by atoms with van der Waals surface area (Å²) in [5.74, 6) is 0.898. The predicted octanol–water partition coefficient (Wildman–Crippen LogP) is 3.48. The standard InChI is InChI=1S/C16H24N2/c17-15(12-13-8-9-13)14-6-2-3-7-16(14)18-10-4-1-5-11-18/h2-3,6-7,13,15H,1,4-5,8-12,17H2. The number of hydrogen-bond donors (Lipinski definition) is 1. The van der Waals surface area contributed by atoms with Gasteiger partial charge in [-0.1, -0.05) is 31.0 Å². The van der Waals surface area contributed by atoms with Crippen LogP contribution < -0.4 is 10.6 Å². The van der Waals surface area contributed by atoms with Crippen LogP contribution in [0.25, 0.3) is 0 Å². The highest BCUT2D eigenvalue weighted by atomic mass is 15.1. The first kappa shape index (κ1) is 12.0. The molecule has 2 nitrogen and oxygen atoms in total. The molecule has 0 radical (unpaired) electrons. The predicted molar refractivity (Wildman–Crippen MR) is 76.8 cm³/mol. The smallest absolute Gasteiger partial charge is 0.0414 e. The lowest BCUT2D eigenvalue weighted by Crippen LogP contribution is -2.31. The van der Waals surface area contributed by atoms with Crippen LogP contribution in [0.2, 0.25) is 0 Å². The number of benzene rings is 1. The van der Waals surface area contributed by atoms with Gasteiger partial charge in [0.2, 0.25) is 0 Å². The maximum Gasteiger partial charge on any atom is 0.0414 e. The van der Waals surface area contributed by atoms with Gasteiger partial charge in [0.25, 0.3) is 0 Å². The summed E-state index contributed by atoms with van der Waals surface area (Å²) in [6.45, 7) is 2.40. The van der Waals surface area contributed by atoms with Crippen LogP contribution in [0.4, 0.5) is 5.69 Å². The second-order valence-corrected chi connectivity index (χ2v) is 5.89. The van der Waals surface area contributed by atoms with E-state index in [0.717, 1.165) is 5.92 Å². The van der Waals surface area contributed by atoms with Crippen molar-refractivity contribution in [2.24, 2.45) is 11.7 Å². The van der Waals surface area contributed by atoms with Crippen molar-refractivity contribution < 1.29 is 0 Å². The third-order valence-electron chi connectivity index (χ3n) is 4.32. The summed E-state index contributed by atoms with van der Waals surface area (Å²) >= 11 is 0. The average Bonchev–Trinajstić information content (AvgIpc) is 3.24. The number of hydrogen-bond acceptors (Lipinski definition) is 2. The lowest BCUT2D eigenvalue weighted by Gasteiger charge is -2.32. The highest BCUT2D eigenvalue weighted by Gasteiger charge is 2.26. The molecule has 0 spiro atoms. The first-order valence-corrected chi connectivity index (χ1v) is 7.44. The van der Waals surface area contributed by atoms with Gasteiger partial charge in [-0.3, -0.25) is 0 Å². The van der Waals surface area contributed by atoms with E-state index in [1.807, 2.05) is 0 Å². The summed E-state index contributed by atoms with van der Waals surface area (Å²) in [5.41, 5.74) is 9.18. The molecular formula is C16H24N2. The van der Waals surface area contributed by atoms with Gasteiger partial charge in [-0.2, -0.15) is 0 Å². The largest absolute Gasteiger partial charge is 0.371 e. The molecule has 1 aliphatic heterocycles. The zero-order valence-electron chi connectivity index (χ0n) is 11.1. The molecule has 18 heavy (non-hydrogen) atoms. The Hall–Kier alpha value is -1.02. The fourth-order valence-electron chi connectivity index (χ4n) is 3.06. The Labute approximate surface area is 110 Å². The number of nitrogens with two attached hydrogens (primary N) is 1. The van der Waals surface area contributed by atoms with Gasteiger partial charge < -0.3 is 10.6 Å². The van der Waals surface area contributed by atoms with Gasteiger partial charge in [-0.25, -0.2) is 0 Å². The second-order valence-electron chi connectivity index (χ2n) is 5.89. The zero-order chi connectivity index (χ0) is 12.4. The molecular weight excluding hydrogens is 220 g/mol. The van der Waals surface area contributed by atoms with Crippen molar-refractivity contribution in [3.8, 4) is 0 Å². The molecule has 98 valence electrons. The number of para-hydroxylation sites is 1. The van der Waals surface area contributed by atoms with E-state index in [4.69, 9.17) is 5.73 Å². The van der Waals surface area contributed by atoms with E-state index in [-0.39, 0.29) is 6.04 Å².